The predicted octanol–water partition coefficient (Wildman–Crippen LogP) is 6.17. The molecule has 0 spiro atoms. The summed E-state index contributed by atoms with van der Waals surface area (Å²) in [5.41, 5.74) is 2.94. The van der Waals surface area contributed by atoms with E-state index in [0.717, 1.165) is 49.2 Å². The van der Waals surface area contributed by atoms with Gasteiger partial charge in [-0.25, -0.2) is 0 Å². The molecule has 27 heavy (non-hydrogen) atoms. The molecule has 144 valence electrons. The number of azo groups is 1. The van der Waals surface area contributed by atoms with Gasteiger partial charge in [0.25, 0.3) is 0 Å². The molecule has 0 aliphatic carbocycles. The third-order valence-electron chi connectivity index (χ3n) is 4.20. The first-order chi connectivity index (χ1) is 13.2. The van der Waals surface area contributed by atoms with Crippen LogP contribution >= 0.6 is 0 Å². The number of ether oxygens (including phenoxy) is 2. The normalized spacial score (nSPS) is 10.9. The maximum absolute atomic E-state index is 11.0. The van der Waals surface area contributed by atoms with Crippen molar-refractivity contribution in [2.75, 3.05) is 13.7 Å². The number of methoxy groups -OCH3 is 1. The highest BCUT2D eigenvalue weighted by molar-refractivity contribution is 5.68. The fourth-order valence-electron chi connectivity index (χ4n) is 2.57. The molecule has 0 bridgehead atoms. The van der Waals surface area contributed by atoms with Gasteiger partial charge >= 0.3 is 5.97 Å². The summed E-state index contributed by atoms with van der Waals surface area (Å²) in [6, 6.07) is 15.7. The van der Waals surface area contributed by atoms with Gasteiger partial charge in [0, 0.05) is 6.42 Å². The molecule has 5 heteroatoms. The number of benzene rings is 2. The van der Waals surface area contributed by atoms with E-state index in [2.05, 4.69) is 22.4 Å². The van der Waals surface area contributed by atoms with Crippen LogP contribution in [0.25, 0.3) is 0 Å². The lowest BCUT2D eigenvalue weighted by atomic mass is 10.1. The summed E-state index contributed by atoms with van der Waals surface area (Å²) in [6.07, 6.45) is 5.80. The smallest absolute Gasteiger partial charge is 0.305 e. The number of hydrogen-bond donors (Lipinski definition) is 0. The van der Waals surface area contributed by atoms with Crippen LogP contribution in [0.15, 0.2) is 58.8 Å². The molecule has 2 aromatic carbocycles. The SMILES string of the molecule is CCC(=O)OCCCCCCc1ccc(N=Nc2ccc(OC)cc2)cc1. The molecular formula is C22H28N2O3. The Balaban J connectivity index is 1.67. The second-order valence-corrected chi connectivity index (χ2v) is 6.30. The summed E-state index contributed by atoms with van der Waals surface area (Å²) in [5, 5.41) is 8.50. The molecule has 0 saturated carbocycles. The highest BCUT2D eigenvalue weighted by Crippen LogP contribution is 2.21. The molecule has 0 aliphatic heterocycles. The van der Waals surface area contributed by atoms with Crippen LogP contribution in [0.2, 0.25) is 0 Å². The number of carbonyl (C=O) groups excluding carboxylic acids is 1. The molecule has 0 amide bonds. The van der Waals surface area contributed by atoms with Crippen LogP contribution in [0.4, 0.5) is 11.4 Å². The van der Waals surface area contributed by atoms with Crippen molar-refractivity contribution in [2.24, 2.45) is 10.2 Å². The Labute approximate surface area is 161 Å². The summed E-state index contributed by atoms with van der Waals surface area (Å²) in [6.45, 7) is 2.36. The summed E-state index contributed by atoms with van der Waals surface area (Å²) in [5.74, 6) is 0.694. The van der Waals surface area contributed by atoms with Crippen molar-refractivity contribution in [3.8, 4) is 5.75 Å². The van der Waals surface area contributed by atoms with Gasteiger partial charge in [-0.05, 0) is 61.2 Å². The number of rotatable bonds is 11. The van der Waals surface area contributed by atoms with E-state index in [1.807, 2.05) is 43.3 Å². The summed E-state index contributed by atoms with van der Waals surface area (Å²) in [4.78, 5) is 11.0. The minimum Gasteiger partial charge on any atom is -0.497 e. The third-order valence-corrected chi connectivity index (χ3v) is 4.20. The lowest BCUT2D eigenvalue weighted by Gasteiger charge is -2.04. The number of carbonyl (C=O) groups is 1. The van der Waals surface area contributed by atoms with Crippen LogP contribution in [0.3, 0.4) is 0 Å². The van der Waals surface area contributed by atoms with Gasteiger partial charge < -0.3 is 9.47 Å². The largest absolute Gasteiger partial charge is 0.497 e. The Morgan fingerprint density at radius 2 is 1.44 bits per heavy atom. The van der Waals surface area contributed by atoms with Crippen molar-refractivity contribution >= 4 is 17.3 Å². The van der Waals surface area contributed by atoms with Crippen LogP contribution in [0.5, 0.6) is 5.75 Å². The Morgan fingerprint density at radius 1 is 0.852 bits per heavy atom. The molecule has 0 unspecified atom stereocenters. The molecule has 2 aromatic rings. The summed E-state index contributed by atoms with van der Waals surface area (Å²) >= 11 is 0. The zero-order valence-corrected chi connectivity index (χ0v) is 16.2. The Morgan fingerprint density at radius 3 is 2.04 bits per heavy atom. The molecular weight excluding hydrogens is 340 g/mol. The van der Waals surface area contributed by atoms with Crippen molar-refractivity contribution in [2.45, 2.75) is 45.4 Å². The highest BCUT2D eigenvalue weighted by Gasteiger charge is 1.99. The molecule has 5 nitrogen and oxygen atoms in total. The molecule has 0 aromatic heterocycles. The minimum atomic E-state index is -0.112. The fraction of sp³-hybridized carbons (Fsp3) is 0.409. The summed E-state index contributed by atoms with van der Waals surface area (Å²) < 4.78 is 10.2. The van der Waals surface area contributed by atoms with E-state index in [4.69, 9.17) is 9.47 Å². The molecule has 0 radical (unpaired) electrons. The fourth-order valence-corrected chi connectivity index (χ4v) is 2.57. The van der Waals surface area contributed by atoms with Gasteiger partial charge in [0.2, 0.25) is 0 Å². The van der Waals surface area contributed by atoms with Gasteiger partial charge in [-0.15, -0.1) is 0 Å². The van der Waals surface area contributed by atoms with Gasteiger partial charge in [-0.1, -0.05) is 31.9 Å². The molecule has 0 N–H and O–H groups in total. The third kappa shape index (κ3) is 8.03. The molecule has 0 aliphatic rings. The first-order valence-corrected chi connectivity index (χ1v) is 9.51. The number of unbranched alkanes of at least 4 members (excludes halogenated alkanes) is 3. The predicted molar refractivity (Wildman–Crippen MR) is 107 cm³/mol. The monoisotopic (exact) mass is 368 g/mol. The molecule has 0 saturated heterocycles. The number of esters is 1. The molecule has 0 atom stereocenters. The van der Waals surface area contributed by atoms with Gasteiger partial charge in [-0.3, -0.25) is 4.79 Å². The van der Waals surface area contributed by atoms with Gasteiger partial charge in [0.05, 0.1) is 25.1 Å². The van der Waals surface area contributed by atoms with Crippen molar-refractivity contribution in [3.05, 3.63) is 54.1 Å². The van der Waals surface area contributed by atoms with E-state index in [0.29, 0.717) is 13.0 Å². The molecule has 2 rings (SSSR count). The average molecular weight is 368 g/mol. The van der Waals surface area contributed by atoms with Gasteiger partial charge in [-0.2, -0.15) is 10.2 Å². The number of hydrogen-bond acceptors (Lipinski definition) is 5. The second-order valence-electron chi connectivity index (χ2n) is 6.30. The second kappa shape index (κ2) is 11.8. The van der Waals surface area contributed by atoms with Crippen molar-refractivity contribution < 1.29 is 14.3 Å². The van der Waals surface area contributed by atoms with Gasteiger partial charge in [0.15, 0.2) is 0 Å². The Kier molecular flexibility index (Phi) is 9.04. The standard InChI is InChI=1S/C22H28N2O3/c1-3-22(25)27-17-7-5-4-6-8-18-9-11-19(12-10-18)23-24-20-13-15-21(26-2)16-14-20/h9-16H,3-8,17H2,1-2H3. The van der Waals surface area contributed by atoms with E-state index in [9.17, 15) is 4.79 Å². The first-order valence-electron chi connectivity index (χ1n) is 9.51. The Bertz CT molecular complexity index is 709. The van der Waals surface area contributed by atoms with Crippen molar-refractivity contribution in [1.29, 1.82) is 0 Å². The number of aryl methyl sites for hydroxylation is 1. The lowest BCUT2D eigenvalue weighted by molar-refractivity contribution is -0.143. The topological polar surface area (TPSA) is 60.2 Å². The minimum absolute atomic E-state index is 0.112. The maximum Gasteiger partial charge on any atom is 0.305 e. The maximum atomic E-state index is 11.0. The quantitative estimate of drug-likeness (QED) is 0.271. The van der Waals surface area contributed by atoms with E-state index < -0.39 is 0 Å². The van der Waals surface area contributed by atoms with Gasteiger partial charge in [0.1, 0.15) is 5.75 Å². The van der Waals surface area contributed by atoms with E-state index >= 15 is 0 Å². The van der Waals surface area contributed by atoms with Crippen LogP contribution < -0.4 is 4.74 Å². The average Bonchev–Trinajstić information content (AvgIpc) is 2.72. The van der Waals surface area contributed by atoms with Crippen LogP contribution in [0, 0.1) is 0 Å². The molecule has 0 heterocycles. The zero-order valence-electron chi connectivity index (χ0n) is 16.2. The number of nitrogens with zero attached hydrogens (tertiary/aromatic N) is 2. The van der Waals surface area contributed by atoms with Crippen molar-refractivity contribution in [3.63, 3.8) is 0 Å². The van der Waals surface area contributed by atoms with E-state index in [-0.39, 0.29) is 5.97 Å². The van der Waals surface area contributed by atoms with Crippen LogP contribution in [-0.4, -0.2) is 19.7 Å². The van der Waals surface area contributed by atoms with Crippen LogP contribution in [0.1, 0.15) is 44.6 Å². The molecule has 0 fully saturated rings. The van der Waals surface area contributed by atoms with Crippen LogP contribution in [-0.2, 0) is 16.0 Å². The lowest BCUT2D eigenvalue weighted by Crippen LogP contribution is -2.03. The van der Waals surface area contributed by atoms with Crippen molar-refractivity contribution in [1.82, 2.24) is 0 Å². The van der Waals surface area contributed by atoms with E-state index in [1.165, 1.54) is 5.56 Å². The first kappa shape index (κ1) is 20.6. The zero-order chi connectivity index (χ0) is 19.3. The Hall–Kier alpha value is -2.69. The highest BCUT2D eigenvalue weighted by atomic mass is 16.5. The summed E-state index contributed by atoms with van der Waals surface area (Å²) in [7, 11) is 1.64. The van der Waals surface area contributed by atoms with E-state index in [1.54, 1.807) is 7.11 Å².